The van der Waals surface area contributed by atoms with E-state index in [1.165, 1.54) is 6.42 Å². The highest BCUT2D eigenvalue weighted by atomic mass is 16.5. The molecule has 0 radical (unpaired) electrons. The third-order valence-corrected chi connectivity index (χ3v) is 5.74. The number of benzene rings is 1. The lowest BCUT2D eigenvalue weighted by Crippen LogP contribution is -2.54. The van der Waals surface area contributed by atoms with E-state index in [9.17, 15) is 9.59 Å². The quantitative estimate of drug-likeness (QED) is 0.922. The second-order valence-electron chi connectivity index (χ2n) is 7.56. The molecule has 5 heteroatoms. The van der Waals surface area contributed by atoms with Crippen LogP contribution in [0.1, 0.15) is 43.2 Å². The normalized spacial score (nSPS) is 23.0. The molecule has 2 unspecified atom stereocenters. The minimum absolute atomic E-state index is 0.0894. The van der Waals surface area contributed by atoms with E-state index >= 15 is 0 Å². The number of ether oxygens (including phenoxy) is 1. The van der Waals surface area contributed by atoms with E-state index in [0.29, 0.717) is 31.6 Å². The smallest absolute Gasteiger partial charge is 0.251 e. The molecule has 2 aromatic rings. The number of nitrogens with zero attached hydrogens (tertiary/aromatic N) is 1. The van der Waals surface area contributed by atoms with Crippen LogP contribution in [0.3, 0.4) is 0 Å². The number of rotatable bonds is 3. The summed E-state index contributed by atoms with van der Waals surface area (Å²) in [5.41, 5.74) is 2.56. The molecule has 1 amide bonds. The van der Waals surface area contributed by atoms with Crippen molar-refractivity contribution in [1.29, 1.82) is 0 Å². The Hall–Kier alpha value is -2.14. The van der Waals surface area contributed by atoms with Gasteiger partial charge in [-0.1, -0.05) is 25.0 Å². The molecular formula is C21H26N2O3. The fourth-order valence-electron chi connectivity index (χ4n) is 4.34. The van der Waals surface area contributed by atoms with Crippen LogP contribution < -0.4 is 5.56 Å². The number of morpholine rings is 1. The summed E-state index contributed by atoms with van der Waals surface area (Å²) in [5.74, 6) is 0.147. The van der Waals surface area contributed by atoms with Crippen molar-refractivity contribution in [3.8, 4) is 0 Å². The van der Waals surface area contributed by atoms with Gasteiger partial charge in [-0.05, 0) is 49.3 Å². The molecule has 1 saturated carbocycles. The molecule has 1 saturated heterocycles. The maximum Gasteiger partial charge on any atom is 0.251 e. The highest BCUT2D eigenvalue weighted by Gasteiger charge is 2.36. The zero-order valence-corrected chi connectivity index (χ0v) is 15.3. The zero-order valence-electron chi connectivity index (χ0n) is 15.3. The number of hydrogen-bond donors (Lipinski definition) is 1. The standard InChI is InChI=1S/C21H26N2O3/c1-14-6-7-15-13-16(21(25)22-17(15)12-14)8-9-20(24)23-10-11-26-19-5-3-2-4-18(19)23/h6-7,12-13,18-19H,2-5,8-11H2,1H3,(H,22,25). The van der Waals surface area contributed by atoms with Gasteiger partial charge in [0.25, 0.3) is 5.56 Å². The van der Waals surface area contributed by atoms with E-state index in [0.717, 1.165) is 35.7 Å². The molecule has 1 aromatic carbocycles. The first kappa shape index (κ1) is 17.3. The number of H-pyrrole nitrogens is 1. The van der Waals surface area contributed by atoms with Crippen molar-refractivity contribution >= 4 is 16.8 Å². The predicted octanol–water partition coefficient (Wildman–Crippen LogP) is 2.94. The first-order valence-corrected chi connectivity index (χ1v) is 9.65. The fraction of sp³-hybridized carbons (Fsp3) is 0.524. The van der Waals surface area contributed by atoms with Crippen LogP contribution in [0.4, 0.5) is 0 Å². The first-order valence-electron chi connectivity index (χ1n) is 9.65. The summed E-state index contributed by atoms with van der Waals surface area (Å²) in [5, 5.41) is 1.01. The van der Waals surface area contributed by atoms with Crippen molar-refractivity contribution < 1.29 is 9.53 Å². The molecule has 4 rings (SSSR count). The number of fused-ring (bicyclic) bond motifs is 2. The number of nitrogens with one attached hydrogen (secondary N) is 1. The van der Waals surface area contributed by atoms with Gasteiger partial charge in [0.1, 0.15) is 0 Å². The average molecular weight is 354 g/mol. The van der Waals surface area contributed by atoms with Crippen molar-refractivity contribution in [2.45, 2.75) is 57.6 Å². The number of amides is 1. The molecule has 2 fully saturated rings. The molecule has 1 N–H and O–H groups in total. The number of aromatic nitrogens is 1. The van der Waals surface area contributed by atoms with Gasteiger partial charge < -0.3 is 14.6 Å². The monoisotopic (exact) mass is 354 g/mol. The summed E-state index contributed by atoms with van der Waals surface area (Å²) in [4.78, 5) is 30.1. The topological polar surface area (TPSA) is 62.4 Å². The summed E-state index contributed by atoms with van der Waals surface area (Å²) < 4.78 is 5.85. The van der Waals surface area contributed by atoms with Gasteiger partial charge in [0.2, 0.25) is 5.91 Å². The van der Waals surface area contributed by atoms with Crippen molar-refractivity contribution in [2.24, 2.45) is 0 Å². The van der Waals surface area contributed by atoms with Crippen LogP contribution >= 0.6 is 0 Å². The fourth-order valence-corrected chi connectivity index (χ4v) is 4.34. The molecule has 1 aliphatic heterocycles. The Labute approximate surface area is 153 Å². The van der Waals surface area contributed by atoms with E-state index in [-0.39, 0.29) is 23.6 Å². The van der Waals surface area contributed by atoms with E-state index in [4.69, 9.17) is 4.74 Å². The minimum Gasteiger partial charge on any atom is -0.374 e. The Morgan fingerprint density at radius 2 is 2.12 bits per heavy atom. The Balaban J connectivity index is 1.47. The highest BCUT2D eigenvalue weighted by molar-refractivity contribution is 5.80. The van der Waals surface area contributed by atoms with E-state index in [2.05, 4.69) is 4.98 Å². The van der Waals surface area contributed by atoms with E-state index < -0.39 is 0 Å². The lowest BCUT2D eigenvalue weighted by atomic mass is 9.90. The van der Waals surface area contributed by atoms with Crippen LogP contribution in [-0.4, -0.2) is 41.1 Å². The second kappa shape index (κ2) is 7.23. The molecule has 2 heterocycles. The van der Waals surface area contributed by atoms with E-state index in [1.54, 1.807) is 0 Å². The van der Waals surface area contributed by atoms with Crippen LogP contribution in [0.5, 0.6) is 0 Å². The molecule has 5 nitrogen and oxygen atoms in total. The average Bonchev–Trinajstić information content (AvgIpc) is 2.65. The number of carbonyl (C=O) groups excluding carboxylic acids is 1. The van der Waals surface area contributed by atoms with Crippen LogP contribution in [0.25, 0.3) is 10.9 Å². The Bertz CT molecular complexity index is 871. The minimum atomic E-state index is -0.0894. The SMILES string of the molecule is Cc1ccc2cc(CCC(=O)N3CCOC4CCCCC43)c(=O)[nH]c2c1. The van der Waals surface area contributed by atoms with Gasteiger partial charge in [-0.2, -0.15) is 0 Å². The maximum atomic E-state index is 12.8. The third-order valence-electron chi connectivity index (χ3n) is 5.74. The van der Waals surface area contributed by atoms with E-state index in [1.807, 2.05) is 36.1 Å². The highest BCUT2D eigenvalue weighted by Crippen LogP contribution is 2.29. The molecule has 2 atom stereocenters. The summed E-state index contributed by atoms with van der Waals surface area (Å²) in [6.45, 7) is 3.31. The van der Waals surface area contributed by atoms with Crippen molar-refractivity contribution in [1.82, 2.24) is 9.88 Å². The summed E-state index contributed by atoms with van der Waals surface area (Å²) in [6.07, 6.45) is 5.50. The number of carbonyl (C=O) groups is 1. The molecule has 26 heavy (non-hydrogen) atoms. The zero-order chi connectivity index (χ0) is 18.1. The Morgan fingerprint density at radius 3 is 3.00 bits per heavy atom. The first-order chi connectivity index (χ1) is 12.6. The Morgan fingerprint density at radius 1 is 1.27 bits per heavy atom. The summed E-state index contributed by atoms with van der Waals surface area (Å²) in [6, 6.07) is 8.17. The lowest BCUT2D eigenvalue weighted by molar-refractivity contribution is -0.149. The van der Waals surface area contributed by atoms with Gasteiger partial charge >= 0.3 is 0 Å². The number of aromatic amines is 1. The van der Waals surface area contributed by atoms with Crippen molar-refractivity contribution in [3.05, 3.63) is 45.7 Å². The molecule has 1 aromatic heterocycles. The van der Waals surface area contributed by atoms with Gasteiger partial charge in [-0.25, -0.2) is 0 Å². The van der Waals surface area contributed by atoms with Gasteiger partial charge in [0, 0.05) is 24.0 Å². The second-order valence-corrected chi connectivity index (χ2v) is 7.56. The number of pyridine rings is 1. The van der Waals surface area contributed by atoms with Gasteiger partial charge in [0.05, 0.1) is 18.8 Å². The number of aryl methyl sites for hydroxylation is 2. The van der Waals surface area contributed by atoms with Crippen molar-refractivity contribution in [3.63, 3.8) is 0 Å². The van der Waals surface area contributed by atoms with Gasteiger partial charge in [0.15, 0.2) is 0 Å². The summed E-state index contributed by atoms with van der Waals surface area (Å²) >= 11 is 0. The van der Waals surface area contributed by atoms with Crippen LogP contribution in [0.15, 0.2) is 29.1 Å². The molecule has 2 aliphatic rings. The molecule has 138 valence electrons. The molecular weight excluding hydrogens is 328 g/mol. The van der Waals surface area contributed by atoms with Crippen LogP contribution in [0, 0.1) is 6.92 Å². The largest absolute Gasteiger partial charge is 0.374 e. The Kier molecular flexibility index (Phi) is 4.81. The lowest BCUT2D eigenvalue weighted by Gasteiger charge is -2.43. The maximum absolute atomic E-state index is 12.8. The molecule has 1 aliphatic carbocycles. The van der Waals surface area contributed by atoms with Crippen LogP contribution in [0.2, 0.25) is 0 Å². The summed E-state index contributed by atoms with van der Waals surface area (Å²) in [7, 11) is 0. The third kappa shape index (κ3) is 3.40. The molecule has 0 bridgehead atoms. The van der Waals surface area contributed by atoms with Gasteiger partial charge in [-0.3, -0.25) is 9.59 Å². The number of hydrogen-bond acceptors (Lipinski definition) is 3. The molecule has 0 spiro atoms. The predicted molar refractivity (Wildman–Crippen MR) is 101 cm³/mol. The van der Waals surface area contributed by atoms with Crippen molar-refractivity contribution in [2.75, 3.05) is 13.2 Å². The van der Waals surface area contributed by atoms with Gasteiger partial charge in [-0.15, -0.1) is 0 Å². The van der Waals surface area contributed by atoms with Crippen LogP contribution in [-0.2, 0) is 16.0 Å².